The molecule has 2 aromatic carbocycles. The van der Waals surface area contributed by atoms with E-state index in [1.165, 1.54) is 0 Å². The molecule has 2 N–H and O–H groups in total. The third-order valence-electron chi connectivity index (χ3n) is 4.56. The molecule has 0 atom stereocenters. The van der Waals surface area contributed by atoms with Crippen LogP contribution in [0.4, 0.5) is 0 Å². The van der Waals surface area contributed by atoms with E-state index >= 15 is 0 Å². The van der Waals surface area contributed by atoms with E-state index in [9.17, 15) is 13.8 Å². The molecular weight excluding hydrogens is 404 g/mol. The normalized spacial score (nSPS) is 16.7. The maximum absolute atomic E-state index is 13.5. The van der Waals surface area contributed by atoms with Crippen molar-refractivity contribution in [3.63, 3.8) is 0 Å². The molecule has 0 aromatic heterocycles. The fourth-order valence-corrected chi connectivity index (χ4v) is 4.41. The Labute approximate surface area is 178 Å². The zero-order valence-corrected chi connectivity index (χ0v) is 18.0. The molecule has 7 nitrogen and oxygen atoms in total. The topological polar surface area (TPSA) is 93.7 Å². The van der Waals surface area contributed by atoms with Crippen molar-refractivity contribution in [1.29, 1.82) is 0 Å². The van der Waals surface area contributed by atoms with E-state index in [4.69, 9.17) is 9.47 Å². The molecular formula is C22H26N2O5S. The maximum Gasteiger partial charge on any atom is 0.257 e. The van der Waals surface area contributed by atoms with Crippen LogP contribution in [-0.2, 0) is 20.4 Å². The van der Waals surface area contributed by atoms with Gasteiger partial charge in [-0.05, 0) is 62.1 Å². The number of carbonyl (C=O) groups is 2. The van der Waals surface area contributed by atoms with Crippen LogP contribution in [0.5, 0.6) is 11.5 Å². The van der Waals surface area contributed by atoms with Crippen LogP contribution < -0.4 is 20.1 Å². The van der Waals surface area contributed by atoms with E-state index in [0.29, 0.717) is 34.4 Å². The first-order valence-electron chi connectivity index (χ1n) is 9.86. The molecule has 8 heteroatoms. The van der Waals surface area contributed by atoms with Crippen molar-refractivity contribution in [1.82, 2.24) is 10.6 Å². The molecule has 1 aliphatic heterocycles. The Hall–Kier alpha value is -2.87. The summed E-state index contributed by atoms with van der Waals surface area (Å²) >= 11 is 0. The molecule has 0 spiro atoms. The number of hydrogen-bond acceptors (Lipinski definition) is 5. The lowest BCUT2D eigenvalue weighted by molar-refractivity contribution is -0.124. The zero-order valence-electron chi connectivity index (χ0n) is 17.2. The van der Waals surface area contributed by atoms with E-state index in [1.807, 2.05) is 26.0 Å². The van der Waals surface area contributed by atoms with Crippen LogP contribution in [0.1, 0.15) is 24.0 Å². The second kappa shape index (κ2) is 10.2. The van der Waals surface area contributed by atoms with Gasteiger partial charge in [-0.2, -0.15) is 0 Å². The molecule has 2 aromatic rings. The number of rotatable bonds is 0. The Bertz CT molecular complexity index is 885. The highest BCUT2D eigenvalue weighted by molar-refractivity contribution is 7.85. The Balaban J connectivity index is 1.97. The van der Waals surface area contributed by atoms with Gasteiger partial charge in [-0.25, -0.2) is 4.21 Å². The summed E-state index contributed by atoms with van der Waals surface area (Å²) in [7, 11) is -1.63. The van der Waals surface area contributed by atoms with Crippen molar-refractivity contribution >= 4 is 22.6 Å². The molecule has 1 heterocycles. The zero-order chi connectivity index (χ0) is 21.5. The quantitative estimate of drug-likeness (QED) is 0.669. The number of fused-ring (bicyclic) bond motifs is 2. The molecule has 0 saturated heterocycles. The van der Waals surface area contributed by atoms with E-state index < -0.39 is 10.8 Å². The number of carbonyl (C=O) groups excluding carboxylic acids is 2. The predicted molar refractivity (Wildman–Crippen MR) is 113 cm³/mol. The monoisotopic (exact) mass is 430 g/mol. The summed E-state index contributed by atoms with van der Waals surface area (Å²) in [6.45, 7) is 4.44. The number of amides is 2. The molecule has 0 aliphatic carbocycles. The Morgan fingerprint density at radius 1 is 0.767 bits per heavy atom. The number of benzene rings is 2. The molecule has 160 valence electrons. The molecule has 3 rings (SSSR count). The summed E-state index contributed by atoms with van der Waals surface area (Å²) in [5.41, 5.74) is 1.83. The number of hydrogen-bond donors (Lipinski definition) is 2. The summed E-state index contributed by atoms with van der Waals surface area (Å²) in [5, 5.41) is 5.57. The van der Waals surface area contributed by atoms with Crippen LogP contribution in [0.2, 0.25) is 0 Å². The molecule has 30 heavy (non-hydrogen) atoms. The predicted octanol–water partition coefficient (Wildman–Crippen LogP) is 2.25. The molecule has 1 aliphatic rings. The third-order valence-corrected chi connectivity index (χ3v) is 6.00. The first-order chi connectivity index (χ1) is 14.4. The van der Waals surface area contributed by atoms with E-state index in [2.05, 4.69) is 10.6 Å². The van der Waals surface area contributed by atoms with Gasteiger partial charge in [0.1, 0.15) is 11.5 Å². The lowest BCUT2D eigenvalue weighted by atomic mass is 10.2. The molecule has 0 saturated carbocycles. The van der Waals surface area contributed by atoms with Crippen LogP contribution in [-0.4, -0.2) is 42.3 Å². The molecule has 2 amide bonds. The van der Waals surface area contributed by atoms with Crippen molar-refractivity contribution in [3.05, 3.63) is 47.5 Å². The van der Waals surface area contributed by atoms with Crippen molar-refractivity contribution in [2.24, 2.45) is 0 Å². The minimum absolute atomic E-state index is 0.166. The summed E-state index contributed by atoms with van der Waals surface area (Å²) in [4.78, 5) is 25.1. The molecule has 0 radical (unpaired) electrons. The number of ether oxygens (including phenoxy) is 2. The lowest BCUT2D eigenvalue weighted by Crippen LogP contribution is -2.32. The van der Waals surface area contributed by atoms with Gasteiger partial charge < -0.3 is 20.1 Å². The van der Waals surface area contributed by atoms with Crippen molar-refractivity contribution < 1.29 is 23.3 Å². The largest absolute Gasteiger partial charge is 0.482 e. The number of nitrogens with one attached hydrogen (secondary N) is 2. The SMILES string of the molecule is Cc1ccc2c(c1)S(=O)c1cc(C)ccc1OCC(=O)NCCCCNC(=O)CO2. The average molecular weight is 431 g/mol. The fourth-order valence-electron chi connectivity index (χ4n) is 2.97. The van der Waals surface area contributed by atoms with Gasteiger partial charge in [0.05, 0.1) is 20.6 Å². The van der Waals surface area contributed by atoms with Gasteiger partial charge in [0.15, 0.2) is 13.2 Å². The summed E-state index contributed by atoms with van der Waals surface area (Å²) < 4.78 is 24.9. The van der Waals surface area contributed by atoms with Gasteiger partial charge >= 0.3 is 0 Å². The third kappa shape index (κ3) is 5.82. The minimum Gasteiger partial charge on any atom is -0.482 e. The highest BCUT2D eigenvalue weighted by Gasteiger charge is 2.20. The van der Waals surface area contributed by atoms with Crippen molar-refractivity contribution in [3.8, 4) is 11.5 Å². The Kier molecular flexibility index (Phi) is 7.46. The molecule has 0 fully saturated rings. The van der Waals surface area contributed by atoms with Crippen LogP contribution in [0.25, 0.3) is 0 Å². The second-order valence-electron chi connectivity index (χ2n) is 7.15. The molecule has 0 bridgehead atoms. The van der Waals surface area contributed by atoms with Gasteiger partial charge in [-0.15, -0.1) is 0 Å². The maximum atomic E-state index is 13.5. The van der Waals surface area contributed by atoms with Crippen LogP contribution >= 0.6 is 0 Å². The highest BCUT2D eigenvalue weighted by Crippen LogP contribution is 2.33. The smallest absolute Gasteiger partial charge is 0.257 e. The standard InChI is InChI=1S/C22H26N2O5S/c1-15-5-7-17-19(11-15)30(27)20-12-16(2)6-8-18(20)29-14-22(26)24-10-4-3-9-23-21(25)13-28-17/h5-8,11-12H,3-4,9-10,13-14H2,1-2H3,(H,23,25)(H,24,26). The van der Waals surface area contributed by atoms with E-state index in [0.717, 1.165) is 24.0 Å². The van der Waals surface area contributed by atoms with Crippen LogP contribution in [0.15, 0.2) is 46.2 Å². The van der Waals surface area contributed by atoms with E-state index in [-0.39, 0.29) is 25.0 Å². The van der Waals surface area contributed by atoms with Crippen LogP contribution in [0, 0.1) is 13.8 Å². The van der Waals surface area contributed by atoms with Gasteiger partial charge in [-0.1, -0.05) is 12.1 Å². The lowest BCUT2D eigenvalue weighted by Gasteiger charge is -2.15. The van der Waals surface area contributed by atoms with Gasteiger partial charge in [0, 0.05) is 13.1 Å². The van der Waals surface area contributed by atoms with Crippen molar-refractivity contribution in [2.45, 2.75) is 36.5 Å². The van der Waals surface area contributed by atoms with E-state index in [1.54, 1.807) is 24.3 Å². The Morgan fingerprint density at radius 3 is 1.63 bits per heavy atom. The summed E-state index contributed by atoms with van der Waals surface area (Å²) in [5.74, 6) is 0.257. The highest BCUT2D eigenvalue weighted by atomic mass is 32.2. The molecule has 0 unspecified atom stereocenters. The van der Waals surface area contributed by atoms with Gasteiger partial charge in [0.25, 0.3) is 11.8 Å². The summed E-state index contributed by atoms with van der Waals surface area (Å²) in [6.07, 6.45) is 1.46. The van der Waals surface area contributed by atoms with Crippen LogP contribution in [0.3, 0.4) is 0 Å². The fraction of sp³-hybridized carbons (Fsp3) is 0.364. The Morgan fingerprint density at radius 2 is 1.20 bits per heavy atom. The van der Waals surface area contributed by atoms with Gasteiger partial charge in [-0.3, -0.25) is 9.59 Å². The second-order valence-corrected chi connectivity index (χ2v) is 8.57. The van der Waals surface area contributed by atoms with Gasteiger partial charge in [0.2, 0.25) is 0 Å². The van der Waals surface area contributed by atoms with Crippen molar-refractivity contribution in [2.75, 3.05) is 26.3 Å². The minimum atomic E-state index is -1.63. The average Bonchev–Trinajstić information content (AvgIpc) is 2.73. The first kappa shape index (κ1) is 21.8. The summed E-state index contributed by atoms with van der Waals surface area (Å²) in [6, 6.07) is 10.7. The number of aryl methyl sites for hydroxylation is 2. The first-order valence-corrected chi connectivity index (χ1v) is 11.0.